The van der Waals surface area contributed by atoms with Crippen LogP contribution in [0.4, 0.5) is 14.5 Å². The van der Waals surface area contributed by atoms with Crippen molar-refractivity contribution in [3.05, 3.63) is 33.4 Å². The van der Waals surface area contributed by atoms with Crippen molar-refractivity contribution in [2.24, 2.45) is 0 Å². The van der Waals surface area contributed by atoms with Crippen molar-refractivity contribution in [2.45, 2.75) is 6.61 Å². The zero-order valence-electron chi connectivity index (χ0n) is 8.13. The van der Waals surface area contributed by atoms with Crippen molar-refractivity contribution in [2.75, 3.05) is 0 Å². The molecule has 0 saturated carbocycles. The molecular formula is C9H5F2NO5. The smallest absolute Gasteiger partial charge is 0.387 e. The maximum absolute atomic E-state index is 11.9. The molecule has 0 aromatic heterocycles. The Morgan fingerprint density at radius 3 is 2.35 bits per heavy atom. The lowest BCUT2D eigenvalue weighted by atomic mass is 10.1. The second-order valence-corrected chi connectivity index (χ2v) is 2.82. The summed E-state index contributed by atoms with van der Waals surface area (Å²) < 4.78 is 27.8. The van der Waals surface area contributed by atoms with Gasteiger partial charge in [-0.3, -0.25) is 19.7 Å². The number of carbonyl (C=O) groups is 2. The van der Waals surface area contributed by atoms with Crippen LogP contribution < -0.4 is 4.74 Å². The average Bonchev–Trinajstić information content (AvgIpc) is 2.26. The predicted octanol–water partition coefficient (Wildman–Crippen LogP) is 1.82. The molecule has 90 valence electrons. The van der Waals surface area contributed by atoms with Gasteiger partial charge in [-0.25, -0.2) is 0 Å². The monoisotopic (exact) mass is 245 g/mol. The Bertz CT molecular complexity index is 475. The first-order valence-electron chi connectivity index (χ1n) is 4.17. The van der Waals surface area contributed by atoms with Crippen molar-refractivity contribution in [1.82, 2.24) is 0 Å². The van der Waals surface area contributed by atoms with Gasteiger partial charge in [0, 0.05) is 5.56 Å². The second kappa shape index (κ2) is 5.10. The predicted molar refractivity (Wildman–Crippen MR) is 50.5 cm³/mol. The van der Waals surface area contributed by atoms with E-state index in [4.69, 9.17) is 0 Å². The number of nitrogens with zero attached hydrogens (tertiary/aromatic N) is 1. The number of hydrogen-bond donors (Lipinski definition) is 0. The van der Waals surface area contributed by atoms with Gasteiger partial charge in [-0.05, 0) is 6.07 Å². The number of halogens is 2. The number of benzene rings is 1. The van der Waals surface area contributed by atoms with Gasteiger partial charge in [0.25, 0.3) is 5.69 Å². The van der Waals surface area contributed by atoms with Gasteiger partial charge in [-0.2, -0.15) is 8.78 Å². The Balaban J connectivity index is 3.39. The molecule has 0 aliphatic carbocycles. The van der Waals surface area contributed by atoms with Crippen LogP contribution in [0.3, 0.4) is 0 Å². The third kappa shape index (κ3) is 2.80. The summed E-state index contributed by atoms with van der Waals surface area (Å²) in [5, 5.41) is 10.6. The van der Waals surface area contributed by atoms with Crippen LogP contribution >= 0.6 is 0 Å². The highest BCUT2D eigenvalue weighted by Gasteiger charge is 2.20. The van der Waals surface area contributed by atoms with Crippen LogP contribution in [-0.4, -0.2) is 24.1 Å². The fraction of sp³-hybridized carbons (Fsp3) is 0.111. The first-order chi connectivity index (χ1) is 7.99. The van der Waals surface area contributed by atoms with E-state index >= 15 is 0 Å². The molecule has 0 heterocycles. The number of rotatable bonds is 5. The number of alkyl halides is 2. The second-order valence-electron chi connectivity index (χ2n) is 2.82. The largest absolute Gasteiger partial charge is 0.435 e. The van der Waals surface area contributed by atoms with Gasteiger partial charge < -0.3 is 4.74 Å². The van der Waals surface area contributed by atoms with Gasteiger partial charge in [0.15, 0.2) is 12.6 Å². The number of ether oxygens (including phenoxy) is 1. The topological polar surface area (TPSA) is 86.5 Å². The van der Waals surface area contributed by atoms with Crippen LogP contribution in [0.2, 0.25) is 0 Å². The molecule has 6 nitrogen and oxygen atoms in total. The van der Waals surface area contributed by atoms with E-state index < -0.39 is 28.5 Å². The summed E-state index contributed by atoms with van der Waals surface area (Å²) in [6, 6.07) is 1.48. The van der Waals surface area contributed by atoms with Crippen LogP contribution in [0.25, 0.3) is 0 Å². The average molecular weight is 245 g/mol. The fourth-order valence-corrected chi connectivity index (χ4v) is 1.18. The molecular weight excluding hydrogens is 240 g/mol. The van der Waals surface area contributed by atoms with Gasteiger partial charge in [0.2, 0.25) is 0 Å². The van der Waals surface area contributed by atoms with Crippen molar-refractivity contribution in [3.63, 3.8) is 0 Å². The Morgan fingerprint density at radius 2 is 1.94 bits per heavy atom. The number of hydrogen-bond acceptors (Lipinski definition) is 5. The summed E-state index contributed by atoms with van der Waals surface area (Å²) in [5.41, 5.74) is -1.63. The Labute approximate surface area is 92.9 Å². The number of aldehydes is 2. The molecule has 1 rings (SSSR count). The zero-order valence-corrected chi connectivity index (χ0v) is 8.13. The minimum Gasteiger partial charge on any atom is -0.435 e. The van der Waals surface area contributed by atoms with Crippen molar-refractivity contribution < 1.29 is 28.0 Å². The summed E-state index contributed by atoms with van der Waals surface area (Å²) in [6.45, 7) is -3.18. The summed E-state index contributed by atoms with van der Waals surface area (Å²) in [4.78, 5) is 30.8. The van der Waals surface area contributed by atoms with E-state index in [1.54, 1.807) is 0 Å². The third-order valence-electron chi connectivity index (χ3n) is 1.83. The first-order valence-corrected chi connectivity index (χ1v) is 4.17. The lowest BCUT2D eigenvalue weighted by Gasteiger charge is -2.06. The highest BCUT2D eigenvalue weighted by molar-refractivity contribution is 5.94. The standard InChI is InChI=1S/C9H5F2NO5/c10-9(11)17-6-1-5(3-13)7(4-14)8(2-6)12(15)16/h1-4,9H. The van der Waals surface area contributed by atoms with Gasteiger partial charge in [0.05, 0.1) is 11.0 Å². The lowest BCUT2D eigenvalue weighted by Crippen LogP contribution is -2.05. The van der Waals surface area contributed by atoms with Crippen LogP contribution in [0, 0.1) is 10.1 Å². The van der Waals surface area contributed by atoms with Gasteiger partial charge in [-0.15, -0.1) is 0 Å². The van der Waals surface area contributed by atoms with Crippen LogP contribution in [0.1, 0.15) is 20.7 Å². The van der Waals surface area contributed by atoms with Crippen LogP contribution in [0.5, 0.6) is 5.75 Å². The van der Waals surface area contributed by atoms with E-state index in [2.05, 4.69) is 4.74 Å². The number of nitro groups is 1. The first kappa shape index (κ1) is 12.7. The molecule has 0 bridgehead atoms. The normalized spacial score (nSPS) is 10.1. The maximum atomic E-state index is 11.9. The molecule has 0 saturated heterocycles. The van der Waals surface area contributed by atoms with E-state index in [9.17, 15) is 28.5 Å². The molecule has 0 aliphatic rings. The molecule has 0 unspecified atom stereocenters. The molecule has 0 radical (unpaired) electrons. The minimum atomic E-state index is -3.18. The summed E-state index contributed by atoms with van der Waals surface area (Å²) in [7, 11) is 0. The number of carbonyl (C=O) groups excluding carboxylic acids is 2. The molecule has 0 amide bonds. The van der Waals surface area contributed by atoms with Gasteiger partial charge in [0.1, 0.15) is 11.3 Å². The summed E-state index contributed by atoms with van der Waals surface area (Å²) >= 11 is 0. The molecule has 1 aromatic rings. The van der Waals surface area contributed by atoms with Crippen LogP contribution in [0.15, 0.2) is 12.1 Å². The fourth-order valence-electron chi connectivity index (χ4n) is 1.18. The van der Waals surface area contributed by atoms with E-state index in [1.807, 2.05) is 0 Å². The SMILES string of the molecule is O=Cc1cc(OC(F)F)cc([N+](=O)[O-])c1C=O. The highest BCUT2D eigenvalue weighted by Crippen LogP contribution is 2.27. The van der Waals surface area contributed by atoms with E-state index in [0.29, 0.717) is 6.07 Å². The molecule has 0 fully saturated rings. The molecule has 1 aromatic carbocycles. The quantitative estimate of drug-likeness (QED) is 0.448. The molecule has 0 spiro atoms. The third-order valence-corrected chi connectivity index (χ3v) is 1.83. The Kier molecular flexibility index (Phi) is 3.81. The van der Waals surface area contributed by atoms with Crippen molar-refractivity contribution >= 4 is 18.3 Å². The van der Waals surface area contributed by atoms with E-state index in [0.717, 1.165) is 6.07 Å². The van der Waals surface area contributed by atoms with Gasteiger partial charge in [-0.1, -0.05) is 0 Å². The minimum absolute atomic E-state index is 0.105. The van der Waals surface area contributed by atoms with E-state index in [1.165, 1.54) is 0 Å². The molecule has 8 heteroatoms. The Morgan fingerprint density at radius 1 is 1.29 bits per heavy atom. The zero-order chi connectivity index (χ0) is 13.0. The van der Waals surface area contributed by atoms with Crippen molar-refractivity contribution in [1.29, 1.82) is 0 Å². The lowest BCUT2D eigenvalue weighted by molar-refractivity contribution is -0.385. The molecule has 17 heavy (non-hydrogen) atoms. The van der Waals surface area contributed by atoms with Gasteiger partial charge >= 0.3 is 6.61 Å². The maximum Gasteiger partial charge on any atom is 0.387 e. The molecule has 0 aliphatic heterocycles. The van der Waals surface area contributed by atoms with Crippen molar-refractivity contribution in [3.8, 4) is 5.75 Å². The summed E-state index contributed by atoms with van der Waals surface area (Å²) in [5.74, 6) is -0.556. The van der Waals surface area contributed by atoms with Crippen LogP contribution in [-0.2, 0) is 0 Å². The molecule has 0 N–H and O–H groups in total. The molecule has 0 atom stereocenters. The summed E-state index contributed by atoms with van der Waals surface area (Å²) in [6.07, 6.45) is 0.253. The van der Waals surface area contributed by atoms with E-state index in [-0.39, 0.29) is 18.1 Å². The number of nitro benzene ring substituents is 1. The highest BCUT2D eigenvalue weighted by atomic mass is 19.3. The Hall–Kier alpha value is -2.38.